The van der Waals surface area contributed by atoms with E-state index in [0.29, 0.717) is 11.5 Å². The number of carbonyl (C=O) groups is 2. The smallest absolute Gasteiger partial charge is 0.267 e. The topological polar surface area (TPSA) is 106 Å². The molecule has 1 unspecified atom stereocenters. The number of primary amides is 1. The van der Waals surface area contributed by atoms with Crippen LogP contribution in [0.15, 0.2) is 53.6 Å². The van der Waals surface area contributed by atoms with Gasteiger partial charge >= 0.3 is 0 Å². The number of carbonyl (C=O) groups excluding carboxylic acids is 2. The first kappa shape index (κ1) is 18.6. The van der Waals surface area contributed by atoms with Crippen LogP contribution in [0.3, 0.4) is 0 Å². The van der Waals surface area contributed by atoms with Crippen molar-refractivity contribution in [2.45, 2.75) is 19.0 Å². The van der Waals surface area contributed by atoms with Crippen LogP contribution in [0.25, 0.3) is 11.0 Å². The molecule has 0 aliphatic carbocycles. The Balaban J connectivity index is 1.51. The SMILES string of the molecule is Cn1c(CNC(=O)C2=NN(c3ccc(F)cc3)C(C(N)=O)C2)nc2ccccc21. The zero-order valence-electron chi connectivity index (χ0n) is 15.7. The fourth-order valence-electron chi connectivity index (χ4n) is 3.32. The fraction of sp³-hybridized carbons (Fsp3) is 0.200. The fourth-order valence-corrected chi connectivity index (χ4v) is 3.32. The monoisotopic (exact) mass is 394 g/mol. The maximum absolute atomic E-state index is 13.2. The standard InChI is InChI=1S/C20H19FN6O2/c1-26-16-5-3-2-4-14(16)24-18(26)11-23-20(29)15-10-17(19(22)28)27(25-15)13-8-6-12(21)7-9-13/h2-9,17H,10-11H2,1H3,(H2,22,28)(H,23,29). The minimum atomic E-state index is -0.808. The molecule has 0 saturated carbocycles. The number of rotatable bonds is 5. The second-order valence-corrected chi connectivity index (χ2v) is 6.75. The first-order valence-corrected chi connectivity index (χ1v) is 9.04. The second-order valence-electron chi connectivity index (χ2n) is 6.75. The van der Waals surface area contributed by atoms with Gasteiger partial charge in [0.15, 0.2) is 0 Å². The maximum Gasteiger partial charge on any atom is 0.267 e. The average molecular weight is 394 g/mol. The van der Waals surface area contributed by atoms with Gasteiger partial charge in [-0.15, -0.1) is 0 Å². The molecule has 2 heterocycles. The molecule has 0 bridgehead atoms. The summed E-state index contributed by atoms with van der Waals surface area (Å²) in [6.07, 6.45) is 0.0705. The predicted molar refractivity (Wildman–Crippen MR) is 106 cm³/mol. The van der Waals surface area contributed by atoms with Gasteiger partial charge in [-0.25, -0.2) is 9.37 Å². The number of hydrogen-bond donors (Lipinski definition) is 2. The van der Waals surface area contributed by atoms with E-state index in [-0.39, 0.29) is 18.7 Å². The van der Waals surface area contributed by atoms with Gasteiger partial charge in [0.1, 0.15) is 23.4 Å². The summed E-state index contributed by atoms with van der Waals surface area (Å²) in [5.41, 5.74) is 7.94. The van der Waals surface area contributed by atoms with E-state index in [4.69, 9.17) is 5.73 Å². The van der Waals surface area contributed by atoms with Crippen molar-refractivity contribution in [1.82, 2.24) is 14.9 Å². The van der Waals surface area contributed by atoms with Gasteiger partial charge in [-0.3, -0.25) is 14.6 Å². The van der Waals surface area contributed by atoms with E-state index in [1.807, 2.05) is 35.9 Å². The number of halogens is 1. The Morgan fingerprint density at radius 2 is 1.93 bits per heavy atom. The molecular weight excluding hydrogens is 375 g/mol. The Bertz CT molecular complexity index is 1120. The normalized spacial score (nSPS) is 16.1. The molecule has 2 aromatic carbocycles. The summed E-state index contributed by atoms with van der Waals surface area (Å²) >= 11 is 0. The number of anilines is 1. The summed E-state index contributed by atoms with van der Waals surface area (Å²) in [4.78, 5) is 29.0. The largest absolute Gasteiger partial charge is 0.368 e. The van der Waals surface area contributed by atoms with Gasteiger partial charge in [0.25, 0.3) is 5.91 Å². The molecule has 4 rings (SSSR count). The van der Waals surface area contributed by atoms with Crippen LogP contribution in [0.2, 0.25) is 0 Å². The van der Waals surface area contributed by atoms with Gasteiger partial charge in [0.05, 0.1) is 23.3 Å². The Kier molecular flexibility index (Phi) is 4.71. The van der Waals surface area contributed by atoms with Gasteiger partial charge in [-0.05, 0) is 36.4 Å². The minimum Gasteiger partial charge on any atom is -0.368 e. The van der Waals surface area contributed by atoms with Crippen molar-refractivity contribution >= 4 is 34.2 Å². The number of nitrogens with two attached hydrogens (primary N) is 1. The Morgan fingerprint density at radius 1 is 1.21 bits per heavy atom. The zero-order valence-corrected chi connectivity index (χ0v) is 15.7. The summed E-state index contributed by atoms with van der Waals surface area (Å²) in [5.74, 6) is -0.739. The van der Waals surface area contributed by atoms with Gasteiger partial charge in [-0.1, -0.05) is 12.1 Å². The van der Waals surface area contributed by atoms with E-state index >= 15 is 0 Å². The molecule has 29 heavy (non-hydrogen) atoms. The Labute approximate surface area is 165 Å². The van der Waals surface area contributed by atoms with Gasteiger partial charge in [0.2, 0.25) is 5.91 Å². The lowest BCUT2D eigenvalue weighted by molar-refractivity contribution is -0.119. The van der Waals surface area contributed by atoms with Crippen molar-refractivity contribution in [2.75, 3.05) is 5.01 Å². The van der Waals surface area contributed by atoms with Crippen molar-refractivity contribution in [1.29, 1.82) is 0 Å². The van der Waals surface area contributed by atoms with Crippen LogP contribution in [0.4, 0.5) is 10.1 Å². The number of para-hydroxylation sites is 2. The van der Waals surface area contributed by atoms with Crippen molar-refractivity contribution in [3.05, 3.63) is 60.2 Å². The molecule has 1 aromatic heterocycles. The van der Waals surface area contributed by atoms with Crippen LogP contribution in [0.1, 0.15) is 12.2 Å². The van der Waals surface area contributed by atoms with E-state index in [9.17, 15) is 14.0 Å². The van der Waals surface area contributed by atoms with E-state index in [0.717, 1.165) is 11.0 Å². The molecule has 0 spiro atoms. The predicted octanol–water partition coefficient (Wildman–Crippen LogP) is 1.45. The van der Waals surface area contributed by atoms with Crippen LogP contribution in [0, 0.1) is 5.82 Å². The number of amides is 2. The third-order valence-corrected chi connectivity index (χ3v) is 4.88. The summed E-state index contributed by atoms with van der Waals surface area (Å²) in [5, 5.41) is 8.40. The summed E-state index contributed by atoms with van der Waals surface area (Å²) < 4.78 is 15.1. The minimum absolute atomic E-state index is 0.0705. The highest BCUT2D eigenvalue weighted by molar-refractivity contribution is 6.40. The number of benzene rings is 2. The number of hydrogen-bond acceptors (Lipinski definition) is 5. The van der Waals surface area contributed by atoms with Crippen molar-refractivity contribution < 1.29 is 14.0 Å². The first-order chi connectivity index (χ1) is 13.9. The molecule has 2 amide bonds. The van der Waals surface area contributed by atoms with E-state index in [1.54, 1.807) is 0 Å². The number of nitrogens with one attached hydrogen (secondary N) is 1. The molecule has 1 aliphatic rings. The molecule has 8 nitrogen and oxygen atoms in total. The van der Waals surface area contributed by atoms with Gasteiger partial charge in [-0.2, -0.15) is 5.10 Å². The molecule has 1 aliphatic heterocycles. The molecule has 9 heteroatoms. The molecule has 3 aromatic rings. The summed E-state index contributed by atoms with van der Waals surface area (Å²) in [6, 6.07) is 12.3. The lowest BCUT2D eigenvalue weighted by Crippen LogP contribution is -2.39. The lowest BCUT2D eigenvalue weighted by Gasteiger charge is -2.20. The number of aryl methyl sites for hydroxylation is 1. The van der Waals surface area contributed by atoms with E-state index < -0.39 is 23.7 Å². The van der Waals surface area contributed by atoms with Crippen LogP contribution in [-0.2, 0) is 23.2 Å². The van der Waals surface area contributed by atoms with E-state index in [1.165, 1.54) is 29.3 Å². The number of imidazole rings is 1. The molecule has 0 fully saturated rings. The highest BCUT2D eigenvalue weighted by Gasteiger charge is 2.35. The highest BCUT2D eigenvalue weighted by Crippen LogP contribution is 2.25. The quantitative estimate of drug-likeness (QED) is 0.683. The third kappa shape index (κ3) is 3.54. The zero-order chi connectivity index (χ0) is 20.5. The molecule has 1 atom stereocenters. The average Bonchev–Trinajstić information content (AvgIpc) is 3.29. The lowest BCUT2D eigenvalue weighted by atomic mass is 10.1. The van der Waals surface area contributed by atoms with Crippen molar-refractivity contribution in [3.8, 4) is 0 Å². The van der Waals surface area contributed by atoms with Crippen LogP contribution < -0.4 is 16.1 Å². The van der Waals surface area contributed by atoms with Crippen LogP contribution in [-0.4, -0.2) is 33.1 Å². The Morgan fingerprint density at radius 3 is 2.62 bits per heavy atom. The number of fused-ring (bicyclic) bond motifs is 1. The van der Waals surface area contributed by atoms with Gasteiger partial charge < -0.3 is 15.6 Å². The summed E-state index contributed by atoms with van der Waals surface area (Å²) in [7, 11) is 1.88. The molecule has 0 radical (unpaired) electrons. The second kappa shape index (κ2) is 7.34. The summed E-state index contributed by atoms with van der Waals surface area (Å²) in [6.45, 7) is 0.209. The van der Waals surface area contributed by atoms with Crippen molar-refractivity contribution in [3.63, 3.8) is 0 Å². The molecular formula is C20H19FN6O2. The number of nitrogens with zero attached hydrogens (tertiary/aromatic N) is 4. The van der Waals surface area contributed by atoms with Crippen LogP contribution in [0.5, 0.6) is 0 Å². The van der Waals surface area contributed by atoms with Gasteiger partial charge in [0, 0.05) is 13.5 Å². The maximum atomic E-state index is 13.2. The van der Waals surface area contributed by atoms with E-state index in [2.05, 4.69) is 15.4 Å². The number of hydrazone groups is 1. The molecule has 0 saturated heterocycles. The third-order valence-electron chi connectivity index (χ3n) is 4.88. The Hall–Kier alpha value is -3.75. The van der Waals surface area contributed by atoms with Crippen molar-refractivity contribution in [2.24, 2.45) is 17.9 Å². The van der Waals surface area contributed by atoms with Crippen LogP contribution >= 0.6 is 0 Å². The molecule has 148 valence electrons. The highest BCUT2D eigenvalue weighted by atomic mass is 19.1. The molecule has 3 N–H and O–H groups in total. The first-order valence-electron chi connectivity index (χ1n) is 9.04. The number of aromatic nitrogens is 2.